The van der Waals surface area contributed by atoms with E-state index in [1.54, 1.807) is 35.2 Å². The van der Waals surface area contributed by atoms with Crippen LogP contribution in [0.3, 0.4) is 0 Å². The number of aryl methyl sites for hydroxylation is 1. The third-order valence-electron chi connectivity index (χ3n) is 6.24. The van der Waals surface area contributed by atoms with Gasteiger partial charge >= 0.3 is 6.09 Å². The van der Waals surface area contributed by atoms with Gasteiger partial charge in [-0.25, -0.2) is 27.2 Å². The molecule has 0 N–H and O–H groups in total. The van der Waals surface area contributed by atoms with Crippen molar-refractivity contribution in [3.05, 3.63) is 54.5 Å². The monoisotopic (exact) mass is 511 g/mol. The normalized spacial score (nSPS) is 18.9. The molecule has 4 rings (SSSR count). The molecule has 0 spiro atoms. The van der Waals surface area contributed by atoms with Crippen molar-refractivity contribution in [1.29, 1.82) is 0 Å². The van der Waals surface area contributed by atoms with Crippen LogP contribution in [0.1, 0.15) is 45.7 Å². The van der Waals surface area contributed by atoms with Gasteiger partial charge < -0.3 is 14.5 Å². The minimum absolute atomic E-state index is 0.0958. The van der Waals surface area contributed by atoms with E-state index in [9.17, 15) is 13.2 Å². The van der Waals surface area contributed by atoms with E-state index >= 15 is 0 Å². The van der Waals surface area contributed by atoms with Crippen molar-refractivity contribution < 1.29 is 17.9 Å². The molecule has 2 aromatic heterocycles. The van der Waals surface area contributed by atoms with Crippen molar-refractivity contribution in [2.24, 2.45) is 0 Å². The molecule has 1 aromatic carbocycles. The first-order valence-electron chi connectivity index (χ1n) is 11.9. The van der Waals surface area contributed by atoms with Crippen LogP contribution in [-0.4, -0.2) is 64.1 Å². The van der Waals surface area contributed by atoms with Crippen LogP contribution in [0.5, 0.6) is 0 Å². The Labute approximate surface area is 212 Å². The van der Waals surface area contributed by atoms with Gasteiger partial charge in [0.15, 0.2) is 5.65 Å². The summed E-state index contributed by atoms with van der Waals surface area (Å²) in [5.41, 5.74) is 1.28. The summed E-state index contributed by atoms with van der Waals surface area (Å²) in [6, 6.07) is 6.46. The highest BCUT2D eigenvalue weighted by Gasteiger charge is 2.36. The molecule has 1 aliphatic rings. The molecule has 1 amide bonds. The highest BCUT2D eigenvalue weighted by Crippen LogP contribution is 2.34. The predicted molar refractivity (Wildman–Crippen MR) is 141 cm³/mol. The summed E-state index contributed by atoms with van der Waals surface area (Å²) in [7, 11) is -3.89. The van der Waals surface area contributed by atoms with Gasteiger partial charge in [-0.05, 0) is 53.7 Å². The Balaban J connectivity index is 1.75. The predicted octanol–water partition coefficient (Wildman–Crippen LogP) is 4.45. The van der Waals surface area contributed by atoms with Crippen molar-refractivity contribution in [3.63, 3.8) is 0 Å². The highest BCUT2D eigenvalue weighted by molar-refractivity contribution is 7.90. The van der Waals surface area contributed by atoms with Crippen LogP contribution in [0, 0.1) is 6.92 Å². The topological polar surface area (TPSA) is 97.6 Å². The lowest BCUT2D eigenvalue weighted by molar-refractivity contribution is 0.0130. The second kappa shape index (κ2) is 9.24. The van der Waals surface area contributed by atoms with E-state index in [0.717, 1.165) is 5.56 Å². The van der Waals surface area contributed by atoms with Crippen LogP contribution in [0.2, 0.25) is 0 Å². The molecular formula is C26H33N5O4S. The fourth-order valence-corrected chi connectivity index (χ4v) is 5.75. The number of aromatic nitrogens is 3. The molecule has 1 aliphatic heterocycles. The molecular weight excluding hydrogens is 478 g/mol. The van der Waals surface area contributed by atoms with Gasteiger partial charge in [0.1, 0.15) is 17.7 Å². The Kier molecular flexibility index (Phi) is 6.59. The number of piperazine rings is 1. The van der Waals surface area contributed by atoms with Gasteiger partial charge in [0.2, 0.25) is 0 Å². The van der Waals surface area contributed by atoms with Crippen LogP contribution in [-0.2, 0) is 14.8 Å². The lowest BCUT2D eigenvalue weighted by atomic mass is 10.1. The van der Waals surface area contributed by atoms with Crippen LogP contribution >= 0.6 is 0 Å². The molecule has 0 aliphatic carbocycles. The Hall–Kier alpha value is -3.40. The number of rotatable bonds is 4. The van der Waals surface area contributed by atoms with Gasteiger partial charge in [0, 0.05) is 36.9 Å². The second-order valence-electron chi connectivity index (χ2n) is 10.3. The number of ether oxygens (including phenoxy) is 1. The number of fused-ring (bicyclic) bond motifs is 1. The maximum Gasteiger partial charge on any atom is 0.410 e. The van der Waals surface area contributed by atoms with E-state index in [-0.39, 0.29) is 28.7 Å². The molecule has 0 radical (unpaired) electrons. The quantitative estimate of drug-likeness (QED) is 0.510. The first-order chi connectivity index (χ1) is 16.8. The average Bonchev–Trinajstić information content (AvgIpc) is 3.19. The summed E-state index contributed by atoms with van der Waals surface area (Å²) in [5.74, 6) is 0.607. The fraction of sp³-hybridized carbons (Fsp3) is 0.423. The number of nitrogens with zero attached hydrogens (tertiary/aromatic N) is 5. The van der Waals surface area contributed by atoms with Gasteiger partial charge in [-0.2, -0.15) is 0 Å². The van der Waals surface area contributed by atoms with Crippen LogP contribution < -0.4 is 4.90 Å². The first kappa shape index (κ1) is 25.7. The van der Waals surface area contributed by atoms with E-state index in [2.05, 4.69) is 21.4 Å². The number of anilines is 1. The molecule has 1 fully saturated rings. The minimum Gasteiger partial charge on any atom is -0.444 e. The van der Waals surface area contributed by atoms with Crippen molar-refractivity contribution in [2.45, 2.75) is 64.1 Å². The molecule has 1 saturated heterocycles. The third kappa shape index (κ3) is 4.69. The van der Waals surface area contributed by atoms with Gasteiger partial charge in [0.25, 0.3) is 10.0 Å². The number of amides is 1. The van der Waals surface area contributed by atoms with Crippen LogP contribution in [0.25, 0.3) is 17.1 Å². The van der Waals surface area contributed by atoms with E-state index in [0.29, 0.717) is 29.9 Å². The largest absolute Gasteiger partial charge is 0.444 e. The Morgan fingerprint density at radius 2 is 1.78 bits per heavy atom. The summed E-state index contributed by atoms with van der Waals surface area (Å²) in [6.07, 6.45) is 4.18. The molecule has 10 heteroatoms. The number of carbonyl (C=O) groups is 1. The zero-order valence-electron chi connectivity index (χ0n) is 21.6. The molecule has 0 saturated carbocycles. The maximum absolute atomic E-state index is 13.5. The lowest BCUT2D eigenvalue weighted by Crippen LogP contribution is -2.59. The SMILES string of the molecule is C=Cc1cn(S(=O)(=O)c2ccc(C)cc2)c2ncnc(N3C[C@@H](C)N(C(=O)OC(C)(C)C)C[C@@H]3C)c12. The number of carbonyl (C=O) groups excluding carboxylic acids is 1. The molecule has 0 bridgehead atoms. The molecule has 2 atom stereocenters. The minimum atomic E-state index is -3.89. The molecule has 9 nitrogen and oxygen atoms in total. The Morgan fingerprint density at radius 3 is 2.39 bits per heavy atom. The van der Waals surface area contributed by atoms with Crippen LogP contribution in [0.4, 0.5) is 10.6 Å². The average molecular weight is 512 g/mol. The summed E-state index contributed by atoms with van der Waals surface area (Å²) >= 11 is 0. The van der Waals surface area contributed by atoms with E-state index in [1.807, 2.05) is 41.5 Å². The smallest absolute Gasteiger partial charge is 0.410 e. The molecule has 36 heavy (non-hydrogen) atoms. The summed E-state index contributed by atoms with van der Waals surface area (Å²) in [5, 5.41) is 0.605. The Bertz CT molecular complexity index is 1410. The van der Waals surface area contributed by atoms with Gasteiger partial charge in [0.05, 0.1) is 10.3 Å². The molecule has 3 aromatic rings. The lowest BCUT2D eigenvalue weighted by Gasteiger charge is -2.44. The van der Waals surface area contributed by atoms with Gasteiger partial charge in [-0.15, -0.1) is 0 Å². The number of hydrogen-bond acceptors (Lipinski definition) is 7. The summed E-state index contributed by atoms with van der Waals surface area (Å²) in [6.45, 7) is 16.2. The second-order valence-corrected chi connectivity index (χ2v) is 12.1. The van der Waals surface area contributed by atoms with Crippen LogP contribution in [0.15, 0.2) is 48.3 Å². The van der Waals surface area contributed by atoms with E-state index in [1.165, 1.54) is 16.5 Å². The highest BCUT2D eigenvalue weighted by atomic mass is 32.2. The van der Waals surface area contributed by atoms with Crippen molar-refractivity contribution in [2.75, 3.05) is 18.0 Å². The number of hydrogen-bond donors (Lipinski definition) is 0. The standard InChI is InChI=1S/C26H33N5O4S/c1-8-20-15-31(36(33,34)21-11-9-17(2)10-12-21)24-22(20)23(27-16-28-24)29-13-19(4)30(14-18(29)3)25(32)35-26(5,6)7/h8-12,15-16,18-19H,1,13-14H2,2-7H3/t18-,19+/m0/s1. The molecule has 3 heterocycles. The first-order valence-corrected chi connectivity index (χ1v) is 13.3. The zero-order valence-corrected chi connectivity index (χ0v) is 22.4. The van der Waals surface area contributed by atoms with Gasteiger partial charge in [-0.3, -0.25) is 0 Å². The van der Waals surface area contributed by atoms with Crippen molar-refractivity contribution >= 4 is 39.0 Å². The number of benzene rings is 1. The maximum atomic E-state index is 13.5. The van der Waals surface area contributed by atoms with E-state index < -0.39 is 15.6 Å². The Morgan fingerprint density at radius 1 is 1.11 bits per heavy atom. The molecule has 192 valence electrons. The summed E-state index contributed by atoms with van der Waals surface area (Å²) in [4.78, 5) is 25.7. The summed E-state index contributed by atoms with van der Waals surface area (Å²) < 4.78 is 33.8. The van der Waals surface area contributed by atoms with Crippen molar-refractivity contribution in [3.8, 4) is 0 Å². The fourth-order valence-electron chi connectivity index (χ4n) is 4.42. The molecule has 0 unspecified atom stereocenters. The zero-order chi connectivity index (χ0) is 26.4. The van der Waals surface area contributed by atoms with E-state index in [4.69, 9.17) is 4.74 Å². The van der Waals surface area contributed by atoms with Crippen molar-refractivity contribution in [1.82, 2.24) is 18.8 Å². The van der Waals surface area contributed by atoms with Gasteiger partial charge in [-0.1, -0.05) is 30.4 Å². The third-order valence-corrected chi connectivity index (χ3v) is 7.91.